The molecule has 2 heterocycles. The molecule has 2 rings (SSSR count). The Morgan fingerprint density at radius 1 is 1.38 bits per heavy atom. The van der Waals surface area contributed by atoms with Crippen LogP contribution in [0.15, 0.2) is 18.3 Å². The highest BCUT2D eigenvalue weighted by Gasteiger charge is 2.18. The fourth-order valence-corrected chi connectivity index (χ4v) is 2.02. The van der Waals surface area contributed by atoms with Crippen LogP contribution in [-0.4, -0.2) is 48.1 Å². The van der Waals surface area contributed by atoms with Crippen LogP contribution in [0, 0.1) is 0 Å². The summed E-state index contributed by atoms with van der Waals surface area (Å²) in [4.78, 5) is 9.36. The van der Waals surface area contributed by atoms with E-state index in [2.05, 4.69) is 21.8 Å². The first-order valence-corrected chi connectivity index (χ1v) is 5.77. The lowest BCUT2D eigenvalue weighted by atomic mass is 10.2. The van der Waals surface area contributed by atoms with E-state index in [1.807, 2.05) is 12.1 Å². The number of rotatable bonds is 2. The first kappa shape index (κ1) is 11.3. The van der Waals surface area contributed by atoms with Crippen LogP contribution < -0.4 is 10.6 Å². The molecule has 1 aromatic rings. The zero-order chi connectivity index (χ0) is 11.5. The fraction of sp³-hybridized carbons (Fsp3) is 0.455. The van der Waals surface area contributed by atoms with Crippen LogP contribution >= 0.6 is 12.2 Å². The van der Waals surface area contributed by atoms with Gasteiger partial charge in [-0.3, -0.25) is 0 Å². The summed E-state index contributed by atoms with van der Waals surface area (Å²) in [6.07, 6.45) is 1.79. The molecule has 0 unspecified atom stereocenters. The lowest BCUT2D eigenvalue weighted by molar-refractivity contribution is 0.312. The van der Waals surface area contributed by atoms with Gasteiger partial charge in [-0.15, -0.1) is 0 Å². The Bertz CT molecular complexity index is 385. The van der Waals surface area contributed by atoms with Crippen molar-refractivity contribution in [2.24, 2.45) is 5.73 Å². The second-order valence-electron chi connectivity index (χ2n) is 4.03. The number of aromatic nitrogens is 1. The van der Waals surface area contributed by atoms with Crippen molar-refractivity contribution >= 4 is 23.0 Å². The monoisotopic (exact) mass is 236 g/mol. The van der Waals surface area contributed by atoms with Crippen molar-refractivity contribution in [1.82, 2.24) is 9.88 Å². The van der Waals surface area contributed by atoms with Gasteiger partial charge in [-0.25, -0.2) is 4.98 Å². The number of anilines is 1. The Kier molecular flexibility index (Phi) is 3.36. The first-order chi connectivity index (χ1) is 7.68. The van der Waals surface area contributed by atoms with Gasteiger partial charge in [0, 0.05) is 32.4 Å². The molecule has 1 saturated heterocycles. The van der Waals surface area contributed by atoms with Crippen LogP contribution in [0.1, 0.15) is 5.56 Å². The number of pyridine rings is 1. The van der Waals surface area contributed by atoms with Gasteiger partial charge < -0.3 is 15.5 Å². The molecule has 5 heteroatoms. The van der Waals surface area contributed by atoms with Crippen molar-refractivity contribution in [3.63, 3.8) is 0 Å². The average Bonchev–Trinajstić information content (AvgIpc) is 2.30. The van der Waals surface area contributed by atoms with E-state index in [9.17, 15) is 0 Å². The lowest BCUT2D eigenvalue weighted by Gasteiger charge is -2.34. The highest BCUT2D eigenvalue weighted by Crippen LogP contribution is 2.18. The zero-order valence-electron chi connectivity index (χ0n) is 9.39. The van der Waals surface area contributed by atoms with Gasteiger partial charge in [-0.05, 0) is 19.2 Å². The van der Waals surface area contributed by atoms with E-state index in [-0.39, 0.29) is 0 Å². The molecular formula is C11H16N4S. The van der Waals surface area contributed by atoms with E-state index in [1.165, 1.54) is 0 Å². The number of piperazine rings is 1. The van der Waals surface area contributed by atoms with E-state index >= 15 is 0 Å². The van der Waals surface area contributed by atoms with Gasteiger partial charge in [0.25, 0.3) is 0 Å². The van der Waals surface area contributed by atoms with E-state index in [0.29, 0.717) is 4.99 Å². The van der Waals surface area contributed by atoms with Gasteiger partial charge in [0.05, 0.1) is 5.56 Å². The Balaban J connectivity index is 2.23. The van der Waals surface area contributed by atoms with Crippen LogP contribution in [-0.2, 0) is 0 Å². The molecule has 1 aliphatic heterocycles. The molecule has 0 aliphatic carbocycles. The summed E-state index contributed by atoms with van der Waals surface area (Å²) in [7, 11) is 2.13. The maximum atomic E-state index is 5.70. The largest absolute Gasteiger partial charge is 0.389 e. The van der Waals surface area contributed by atoms with Crippen molar-refractivity contribution in [1.29, 1.82) is 0 Å². The third-order valence-corrected chi connectivity index (χ3v) is 3.07. The second-order valence-corrected chi connectivity index (χ2v) is 4.47. The number of nitrogens with zero attached hydrogens (tertiary/aromatic N) is 3. The van der Waals surface area contributed by atoms with E-state index in [4.69, 9.17) is 18.0 Å². The molecule has 0 bridgehead atoms. The minimum absolute atomic E-state index is 0.419. The highest BCUT2D eigenvalue weighted by molar-refractivity contribution is 7.80. The number of hydrogen-bond donors (Lipinski definition) is 1. The standard InChI is InChI=1S/C11H16N4S/c1-14-5-7-15(8-6-14)11-9(10(12)16)3-2-4-13-11/h2-4H,5-8H2,1H3,(H2,12,16). The minimum atomic E-state index is 0.419. The molecule has 86 valence electrons. The molecule has 0 radical (unpaired) electrons. The summed E-state index contributed by atoms with van der Waals surface area (Å²) in [5.41, 5.74) is 6.58. The molecule has 1 aromatic heterocycles. The third kappa shape index (κ3) is 2.31. The normalized spacial score (nSPS) is 17.4. The molecule has 4 nitrogen and oxygen atoms in total. The molecule has 0 aromatic carbocycles. The quantitative estimate of drug-likeness (QED) is 0.756. The molecule has 1 aliphatic rings. The number of likely N-dealkylation sites (N-methyl/N-ethyl adjacent to an activating group) is 1. The predicted octanol–water partition coefficient (Wildman–Crippen LogP) is 0.468. The van der Waals surface area contributed by atoms with Crippen LogP contribution in [0.4, 0.5) is 5.82 Å². The topological polar surface area (TPSA) is 45.4 Å². The van der Waals surface area contributed by atoms with E-state index < -0.39 is 0 Å². The Labute approximate surface area is 101 Å². The summed E-state index contributed by atoms with van der Waals surface area (Å²) < 4.78 is 0. The van der Waals surface area contributed by atoms with Crippen molar-refractivity contribution in [3.05, 3.63) is 23.9 Å². The summed E-state index contributed by atoms with van der Waals surface area (Å²) in [5, 5.41) is 0. The summed E-state index contributed by atoms with van der Waals surface area (Å²) in [6.45, 7) is 4.05. The Morgan fingerprint density at radius 2 is 2.06 bits per heavy atom. The van der Waals surface area contributed by atoms with Crippen LogP contribution in [0.5, 0.6) is 0 Å². The summed E-state index contributed by atoms with van der Waals surface area (Å²) in [6, 6.07) is 3.80. The van der Waals surface area contributed by atoms with Crippen molar-refractivity contribution in [2.75, 3.05) is 38.1 Å². The Hall–Kier alpha value is -1.20. The number of hydrogen-bond acceptors (Lipinski definition) is 4. The van der Waals surface area contributed by atoms with Gasteiger partial charge >= 0.3 is 0 Å². The molecule has 2 N–H and O–H groups in total. The van der Waals surface area contributed by atoms with Crippen molar-refractivity contribution in [2.45, 2.75) is 0 Å². The minimum Gasteiger partial charge on any atom is -0.389 e. The first-order valence-electron chi connectivity index (χ1n) is 5.37. The third-order valence-electron chi connectivity index (χ3n) is 2.85. The summed E-state index contributed by atoms with van der Waals surface area (Å²) in [5.74, 6) is 0.920. The SMILES string of the molecule is CN1CCN(c2ncccc2C(N)=S)CC1. The molecular weight excluding hydrogens is 220 g/mol. The van der Waals surface area contributed by atoms with Crippen molar-refractivity contribution < 1.29 is 0 Å². The number of nitrogens with two attached hydrogens (primary N) is 1. The highest BCUT2D eigenvalue weighted by atomic mass is 32.1. The van der Waals surface area contributed by atoms with Gasteiger partial charge in [0.1, 0.15) is 10.8 Å². The number of thiocarbonyl (C=S) groups is 1. The van der Waals surface area contributed by atoms with E-state index in [1.54, 1.807) is 6.20 Å². The Morgan fingerprint density at radius 3 is 2.69 bits per heavy atom. The zero-order valence-corrected chi connectivity index (χ0v) is 10.2. The van der Waals surface area contributed by atoms with Gasteiger partial charge in [-0.1, -0.05) is 12.2 Å². The van der Waals surface area contributed by atoms with Crippen LogP contribution in [0.3, 0.4) is 0 Å². The second kappa shape index (κ2) is 4.76. The fourth-order valence-electron chi connectivity index (χ4n) is 1.86. The van der Waals surface area contributed by atoms with E-state index in [0.717, 1.165) is 37.6 Å². The lowest BCUT2D eigenvalue weighted by Crippen LogP contribution is -2.45. The maximum Gasteiger partial charge on any atom is 0.138 e. The van der Waals surface area contributed by atoms with Gasteiger partial charge in [0.2, 0.25) is 0 Å². The van der Waals surface area contributed by atoms with Crippen LogP contribution in [0.2, 0.25) is 0 Å². The maximum absolute atomic E-state index is 5.70. The van der Waals surface area contributed by atoms with Gasteiger partial charge in [-0.2, -0.15) is 0 Å². The average molecular weight is 236 g/mol. The van der Waals surface area contributed by atoms with Gasteiger partial charge in [0.15, 0.2) is 0 Å². The molecule has 0 atom stereocenters. The molecule has 16 heavy (non-hydrogen) atoms. The molecule has 1 fully saturated rings. The smallest absolute Gasteiger partial charge is 0.138 e. The molecule has 0 saturated carbocycles. The van der Waals surface area contributed by atoms with Crippen molar-refractivity contribution in [3.8, 4) is 0 Å². The predicted molar refractivity (Wildman–Crippen MR) is 69.8 cm³/mol. The summed E-state index contributed by atoms with van der Waals surface area (Å²) >= 11 is 5.04. The van der Waals surface area contributed by atoms with Crippen LogP contribution in [0.25, 0.3) is 0 Å². The molecule has 0 amide bonds. The molecule has 0 spiro atoms.